The second kappa shape index (κ2) is 6.61. The molecular formula is C12H20N2O3S. The molecule has 0 saturated carbocycles. The van der Waals surface area contributed by atoms with Crippen LogP contribution >= 0.6 is 0 Å². The van der Waals surface area contributed by atoms with E-state index in [-0.39, 0.29) is 10.6 Å². The van der Waals surface area contributed by atoms with Crippen LogP contribution in [0.5, 0.6) is 0 Å². The predicted molar refractivity (Wildman–Crippen MR) is 73.6 cm³/mol. The number of nitrogen functional groups attached to an aromatic ring is 1. The number of ether oxygens (including phenoxy) is 1. The molecule has 0 radical (unpaired) electrons. The van der Waals surface area contributed by atoms with Crippen LogP contribution in [0.25, 0.3) is 0 Å². The molecular weight excluding hydrogens is 252 g/mol. The van der Waals surface area contributed by atoms with E-state index in [1.807, 2.05) is 0 Å². The van der Waals surface area contributed by atoms with Crippen LogP contribution in [0.1, 0.15) is 12.8 Å². The average Bonchev–Trinajstić information content (AvgIpc) is 2.29. The van der Waals surface area contributed by atoms with Crippen molar-refractivity contribution in [2.45, 2.75) is 17.7 Å². The number of anilines is 2. The lowest BCUT2D eigenvalue weighted by Crippen LogP contribution is -2.08. The third-order valence-corrected chi connectivity index (χ3v) is 3.71. The van der Waals surface area contributed by atoms with E-state index in [9.17, 15) is 8.42 Å². The van der Waals surface area contributed by atoms with Crippen LogP contribution in [0.2, 0.25) is 0 Å². The van der Waals surface area contributed by atoms with E-state index in [1.54, 1.807) is 19.2 Å². The lowest BCUT2D eigenvalue weighted by atomic mass is 10.2. The molecule has 5 nitrogen and oxygen atoms in total. The quantitative estimate of drug-likeness (QED) is 0.581. The van der Waals surface area contributed by atoms with Crippen LogP contribution in [-0.2, 0) is 14.6 Å². The van der Waals surface area contributed by atoms with Gasteiger partial charge in [-0.1, -0.05) is 6.07 Å². The van der Waals surface area contributed by atoms with Gasteiger partial charge >= 0.3 is 0 Å². The van der Waals surface area contributed by atoms with Crippen molar-refractivity contribution in [1.82, 2.24) is 0 Å². The Morgan fingerprint density at radius 2 is 2.06 bits per heavy atom. The minimum absolute atomic E-state index is 0.171. The zero-order valence-electron chi connectivity index (χ0n) is 10.8. The summed E-state index contributed by atoms with van der Waals surface area (Å²) < 4.78 is 27.9. The third-order valence-electron chi connectivity index (χ3n) is 2.56. The summed E-state index contributed by atoms with van der Waals surface area (Å²) in [6.45, 7) is 1.46. The van der Waals surface area contributed by atoms with Crippen molar-refractivity contribution < 1.29 is 13.2 Å². The molecule has 3 N–H and O–H groups in total. The summed E-state index contributed by atoms with van der Waals surface area (Å²) in [5.41, 5.74) is 6.79. The average molecular weight is 272 g/mol. The van der Waals surface area contributed by atoms with Gasteiger partial charge in [0, 0.05) is 26.5 Å². The molecule has 1 aromatic carbocycles. The van der Waals surface area contributed by atoms with Crippen molar-refractivity contribution in [2.75, 3.05) is 37.6 Å². The molecule has 0 atom stereocenters. The molecule has 0 unspecified atom stereocenters. The first-order chi connectivity index (χ1) is 8.46. The topological polar surface area (TPSA) is 81.4 Å². The fourth-order valence-corrected chi connectivity index (χ4v) is 2.45. The number of hydrogen-bond donors (Lipinski definition) is 2. The zero-order chi connectivity index (χ0) is 13.6. The monoisotopic (exact) mass is 272 g/mol. The largest absolute Gasteiger partial charge is 0.396 e. The van der Waals surface area contributed by atoms with Crippen LogP contribution in [-0.4, -0.2) is 34.9 Å². The third kappa shape index (κ3) is 4.19. The number of unbranched alkanes of at least 4 members (excludes halogenated alkanes) is 1. The molecule has 0 amide bonds. The first-order valence-corrected chi connectivity index (χ1v) is 7.67. The van der Waals surface area contributed by atoms with Gasteiger partial charge in [-0.25, -0.2) is 8.42 Å². The lowest BCUT2D eigenvalue weighted by molar-refractivity contribution is 0.194. The minimum atomic E-state index is -3.28. The van der Waals surface area contributed by atoms with E-state index < -0.39 is 9.84 Å². The summed E-state index contributed by atoms with van der Waals surface area (Å²) in [5.74, 6) is 0. The van der Waals surface area contributed by atoms with Crippen molar-refractivity contribution in [2.24, 2.45) is 0 Å². The molecule has 0 spiro atoms. The highest BCUT2D eigenvalue weighted by Gasteiger charge is 2.13. The number of sulfone groups is 1. The van der Waals surface area contributed by atoms with Crippen LogP contribution in [0.4, 0.5) is 11.4 Å². The van der Waals surface area contributed by atoms with Crippen LogP contribution < -0.4 is 11.1 Å². The molecule has 0 aromatic heterocycles. The number of rotatable bonds is 7. The van der Waals surface area contributed by atoms with Gasteiger partial charge in [-0.3, -0.25) is 0 Å². The first-order valence-electron chi connectivity index (χ1n) is 5.78. The van der Waals surface area contributed by atoms with Gasteiger partial charge in [-0.15, -0.1) is 0 Å². The highest BCUT2D eigenvalue weighted by molar-refractivity contribution is 7.90. The molecule has 102 valence electrons. The second-order valence-corrected chi connectivity index (χ2v) is 6.10. The number of nitrogens with one attached hydrogen (secondary N) is 1. The van der Waals surface area contributed by atoms with Gasteiger partial charge in [0.05, 0.1) is 16.3 Å². The summed E-state index contributed by atoms with van der Waals surface area (Å²) in [6, 6.07) is 4.98. The van der Waals surface area contributed by atoms with E-state index in [0.717, 1.165) is 32.2 Å². The second-order valence-electron chi connectivity index (χ2n) is 4.12. The molecule has 0 fully saturated rings. The fourth-order valence-electron chi connectivity index (χ4n) is 1.62. The number of nitrogens with two attached hydrogens (primary N) is 1. The van der Waals surface area contributed by atoms with Crippen molar-refractivity contribution >= 4 is 21.2 Å². The van der Waals surface area contributed by atoms with E-state index in [0.29, 0.717) is 5.69 Å². The predicted octanol–water partition coefficient (Wildman–Crippen LogP) is 1.51. The molecule has 0 saturated heterocycles. The Balaban J connectivity index is 2.67. The smallest absolute Gasteiger partial charge is 0.177 e. The van der Waals surface area contributed by atoms with E-state index in [2.05, 4.69) is 5.32 Å². The maximum absolute atomic E-state index is 11.5. The van der Waals surface area contributed by atoms with E-state index in [1.165, 1.54) is 6.07 Å². The summed E-state index contributed by atoms with van der Waals surface area (Å²) in [7, 11) is -1.61. The van der Waals surface area contributed by atoms with Crippen molar-refractivity contribution in [3.05, 3.63) is 18.2 Å². The van der Waals surface area contributed by atoms with E-state index >= 15 is 0 Å². The van der Waals surface area contributed by atoms with Gasteiger partial charge < -0.3 is 15.8 Å². The molecule has 1 rings (SSSR count). The normalized spacial score (nSPS) is 11.4. The number of para-hydroxylation sites is 1. The van der Waals surface area contributed by atoms with Gasteiger partial charge in [-0.2, -0.15) is 0 Å². The Labute approximate surface area is 108 Å². The molecule has 18 heavy (non-hydrogen) atoms. The van der Waals surface area contributed by atoms with Crippen molar-refractivity contribution in [1.29, 1.82) is 0 Å². The highest BCUT2D eigenvalue weighted by atomic mass is 32.2. The van der Waals surface area contributed by atoms with Crippen molar-refractivity contribution in [3.8, 4) is 0 Å². The molecule has 0 aliphatic rings. The SMILES string of the molecule is COCCCCNc1cccc(S(C)(=O)=O)c1N. The summed E-state index contributed by atoms with van der Waals surface area (Å²) >= 11 is 0. The van der Waals surface area contributed by atoms with Crippen LogP contribution in [0.15, 0.2) is 23.1 Å². The summed E-state index contributed by atoms with van der Waals surface area (Å²) in [4.78, 5) is 0.171. The molecule has 0 aliphatic carbocycles. The zero-order valence-corrected chi connectivity index (χ0v) is 11.6. The molecule has 0 aliphatic heterocycles. The van der Waals surface area contributed by atoms with E-state index in [4.69, 9.17) is 10.5 Å². The molecule has 0 bridgehead atoms. The van der Waals surface area contributed by atoms with Gasteiger partial charge in [0.15, 0.2) is 9.84 Å². The Kier molecular flexibility index (Phi) is 5.43. The number of methoxy groups -OCH3 is 1. The van der Waals surface area contributed by atoms with Crippen LogP contribution in [0.3, 0.4) is 0 Å². The highest BCUT2D eigenvalue weighted by Crippen LogP contribution is 2.26. The molecule has 6 heteroatoms. The number of benzene rings is 1. The van der Waals surface area contributed by atoms with Gasteiger partial charge in [0.25, 0.3) is 0 Å². The summed E-state index contributed by atoms with van der Waals surface area (Å²) in [6.07, 6.45) is 3.05. The minimum Gasteiger partial charge on any atom is -0.396 e. The summed E-state index contributed by atoms with van der Waals surface area (Å²) in [5, 5.41) is 3.14. The Hall–Kier alpha value is -1.27. The van der Waals surface area contributed by atoms with Crippen molar-refractivity contribution in [3.63, 3.8) is 0 Å². The maximum atomic E-state index is 11.5. The maximum Gasteiger partial charge on any atom is 0.177 e. The van der Waals surface area contributed by atoms with Crippen LogP contribution in [0, 0.1) is 0 Å². The lowest BCUT2D eigenvalue weighted by Gasteiger charge is -2.11. The Bertz CT molecular complexity index is 486. The van der Waals surface area contributed by atoms with Gasteiger partial charge in [0.1, 0.15) is 0 Å². The fraction of sp³-hybridized carbons (Fsp3) is 0.500. The van der Waals surface area contributed by atoms with Gasteiger partial charge in [-0.05, 0) is 25.0 Å². The molecule has 0 heterocycles. The standard InChI is InChI=1S/C12H20N2O3S/c1-17-9-4-3-8-14-10-6-5-7-11(12(10)13)18(2,15)16/h5-7,14H,3-4,8-9,13H2,1-2H3. The Morgan fingerprint density at radius 1 is 1.33 bits per heavy atom. The molecule has 1 aromatic rings. The first kappa shape index (κ1) is 14.8. The number of hydrogen-bond acceptors (Lipinski definition) is 5. The van der Waals surface area contributed by atoms with Gasteiger partial charge in [0.2, 0.25) is 0 Å². The Morgan fingerprint density at radius 3 is 2.67 bits per heavy atom.